The summed E-state index contributed by atoms with van der Waals surface area (Å²) in [6, 6.07) is 1.84. The molecule has 0 aliphatic carbocycles. The van der Waals surface area contributed by atoms with Crippen molar-refractivity contribution >= 4 is 5.91 Å². The van der Waals surface area contributed by atoms with Crippen LogP contribution in [0.25, 0.3) is 0 Å². The minimum atomic E-state index is -0.150. The second-order valence-corrected chi connectivity index (χ2v) is 2.77. The topological polar surface area (TPSA) is 64.9 Å². The van der Waals surface area contributed by atoms with Crippen LogP contribution in [0.1, 0.15) is 19.3 Å². The molecule has 0 aromatic heterocycles. The number of nitrogens with one attached hydrogen (secondary N) is 2. The van der Waals surface area contributed by atoms with E-state index >= 15 is 0 Å². The second kappa shape index (κ2) is 9.57. The highest BCUT2D eigenvalue weighted by Crippen LogP contribution is 1.90. The standard InChI is InChI=1S/C10H15N3O/c1-2-3-4-5-7-12-9-10(14)13-8-6-11/h1,12H,3-5,7-9H2,(H,13,14). The summed E-state index contributed by atoms with van der Waals surface area (Å²) in [5.41, 5.74) is 0. The van der Waals surface area contributed by atoms with E-state index in [-0.39, 0.29) is 19.0 Å². The van der Waals surface area contributed by atoms with Crippen LogP contribution in [0, 0.1) is 23.7 Å². The molecular weight excluding hydrogens is 178 g/mol. The molecule has 0 atom stereocenters. The summed E-state index contributed by atoms with van der Waals surface area (Å²) in [5.74, 6) is 2.40. The average molecular weight is 193 g/mol. The molecule has 0 unspecified atom stereocenters. The summed E-state index contributed by atoms with van der Waals surface area (Å²) < 4.78 is 0. The van der Waals surface area contributed by atoms with Crippen LogP contribution in [0.2, 0.25) is 0 Å². The molecule has 0 bridgehead atoms. The highest BCUT2D eigenvalue weighted by Gasteiger charge is 1.97. The first-order valence-electron chi connectivity index (χ1n) is 4.59. The third kappa shape index (κ3) is 8.58. The third-order valence-electron chi connectivity index (χ3n) is 1.57. The van der Waals surface area contributed by atoms with E-state index in [1.165, 1.54) is 0 Å². The lowest BCUT2D eigenvalue weighted by Crippen LogP contribution is -2.34. The number of terminal acetylenes is 1. The van der Waals surface area contributed by atoms with Crippen LogP contribution in [0.3, 0.4) is 0 Å². The lowest BCUT2D eigenvalue weighted by atomic mass is 10.2. The van der Waals surface area contributed by atoms with Crippen molar-refractivity contribution in [3.8, 4) is 18.4 Å². The Hall–Kier alpha value is -1.52. The van der Waals surface area contributed by atoms with Gasteiger partial charge >= 0.3 is 0 Å². The Morgan fingerprint density at radius 1 is 1.43 bits per heavy atom. The number of nitriles is 1. The normalized spacial score (nSPS) is 8.71. The molecule has 0 spiro atoms. The van der Waals surface area contributed by atoms with Gasteiger partial charge in [0.2, 0.25) is 5.91 Å². The predicted octanol–water partition coefficient (Wildman–Crippen LogP) is 0.0193. The van der Waals surface area contributed by atoms with E-state index in [1.54, 1.807) is 0 Å². The van der Waals surface area contributed by atoms with Gasteiger partial charge in [0.15, 0.2) is 0 Å². The Morgan fingerprint density at radius 2 is 2.21 bits per heavy atom. The fourth-order valence-electron chi connectivity index (χ4n) is 0.880. The van der Waals surface area contributed by atoms with Crippen molar-refractivity contribution in [2.75, 3.05) is 19.6 Å². The summed E-state index contributed by atoms with van der Waals surface area (Å²) in [6.07, 6.45) is 7.80. The summed E-state index contributed by atoms with van der Waals surface area (Å²) in [5, 5.41) is 13.6. The molecule has 76 valence electrons. The van der Waals surface area contributed by atoms with Crippen LogP contribution in [0.15, 0.2) is 0 Å². The van der Waals surface area contributed by atoms with E-state index in [0.29, 0.717) is 0 Å². The maximum atomic E-state index is 10.9. The zero-order valence-electron chi connectivity index (χ0n) is 8.18. The molecule has 2 N–H and O–H groups in total. The van der Waals surface area contributed by atoms with Gasteiger partial charge in [-0.3, -0.25) is 4.79 Å². The summed E-state index contributed by atoms with van der Waals surface area (Å²) in [7, 11) is 0. The van der Waals surface area contributed by atoms with Crippen molar-refractivity contribution in [3.63, 3.8) is 0 Å². The van der Waals surface area contributed by atoms with Crippen molar-refractivity contribution in [2.45, 2.75) is 19.3 Å². The molecule has 4 nitrogen and oxygen atoms in total. The first-order valence-corrected chi connectivity index (χ1v) is 4.59. The van der Waals surface area contributed by atoms with Gasteiger partial charge < -0.3 is 10.6 Å². The van der Waals surface area contributed by atoms with Gasteiger partial charge in [-0.15, -0.1) is 12.3 Å². The molecule has 0 saturated carbocycles. The van der Waals surface area contributed by atoms with E-state index in [9.17, 15) is 4.79 Å². The second-order valence-electron chi connectivity index (χ2n) is 2.77. The number of unbranched alkanes of at least 4 members (excludes halogenated alkanes) is 2. The van der Waals surface area contributed by atoms with Crippen molar-refractivity contribution in [1.29, 1.82) is 5.26 Å². The number of amides is 1. The molecule has 14 heavy (non-hydrogen) atoms. The Kier molecular flexibility index (Phi) is 8.53. The van der Waals surface area contributed by atoms with Gasteiger partial charge in [-0.25, -0.2) is 0 Å². The number of carbonyl (C=O) groups is 1. The van der Waals surface area contributed by atoms with Crippen LogP contribution >= 0.6 is 0 Å². The average Bonchev–Trinajstić information content (AvgIpc) is 2.20. The number of hydrogen-bond donors (Lipinski definition) is 2. The lowest BCUT2D eigenvalue weighted by molar-refractivity contribution is -0.120. The molecule has 0 aliphatic rings. The van der Waals surface area contributed by atoms with Crippen LogP contribution < -0.4 is 10.6 Å². The number of carbonyl (C=O) groups excluding carboxylic acids is 1. The minimum absolute atomic E-state index is 0.0671. The maximum absolute atomic E-state index is 10.9. The smallest absolute Gasteiger partial charge is 0.234 e. The third-order valence-corrected chi connectivity index (χ3v) is 1.57. The fourth-order valence-corrected chi connectivity index (χ4v) is 0.880. The molecule has 0 heterocycles. The molecule has 0 aromatic carbocycles. The van der Waals surface area contributed by atoms with Crippen molar-refractivity contribution < 1.29 is 4.79 Å². The summed E-state index contributed by atoms with van der Waals surface area (Å²) >= 11 is 0. The molecular formula is C10H15N3O. The SMILES string of the molecule is C#CCCCCNCC(=O)NCC#N. The zero-order valence-corrected chi connectivity index (χ0v) is 8.18. The van der Waals surface area contributed by atoms with Crippen molar-refractivity contribution in [3.05, 3.63) is 0 Å². The van der Waals surface area contributed by atoms with Gasteiger partial charge in [-0.05, 0) is 19.4 Å². The van der Waals surface area contributed by atoms with Crippen LogP contribution in [-0.4, -0.2) is 25.5 Å². The molecule has 4 heteroatoms. The Morgan fingerprint density at radius 3 is 2.86 bits per heavy atom. The Labute approximate surface area is 84.7 Å². The largest absolute Gasteiger partial charge is 0.342 e. The number of hydrogen-bond acceptors (Lipinski definition) is 3. The Balaban J connectivity index is 3.16. The first kappa shape index (κ1) is 12.5. The molecule has 1 amide bonds. The molecule has 0 fully saturated rings. The van der Waals surface area contributed by atoms with E-state index < -0.39 is 0 Å². The molecule has 0 rings (SSSR count). The van der Waals surface area contributed by atoms with Gasteiger partial charge in [0.05, 0.1) is 12.6 Å². The highest BCUT2D eigenvalue weighted by molar-refractivity contribution is 5.78. The highest BCUT2D eigenvalue weighted by atomic mass is 16.1. The summed E-state index contributed by atoms with van der Waals surface area (Å²) in [6.45, 7) is 1.11. The van der Waals surface area contributed by atoms with Gasteiger partial charge in [-0.1, -0.05) is 0 Å². The molecule has 0 radical (unpaired) electrons. The lowest BCUT2D eigenvalue weighted by Gasteiger charge is -2.02. The minimum Gasteiger partial charge on any atom is -0.342 e. The number of nitrogens with zero attached hydrogens (tertiary/aromatic N) is 1. The van der Waals surface area contributed by atoms with E-state index in [0.717, 1.165) is 25.8 Å². The van der Waals surface area contributed by atoms with E-state index in [4.69, 9.17) is 11.7 Å². The van der Waals surface area contributed by atoms with Crippen LogP contribution in [0.5, 0.6) is 0 Å². The quantitative estimate of drug-likeness (QED) is 0.340. The van der Waals surface area contributed by atoms with Crippen molar-refractivity contribution in [2.24, 2.45) is 0 Å². The van der Waals surface area contributed by atoms with Crippen LogP contribution in [-0.2, 0) is 4.79 Å². The monoisotopic (exact) mass is 193 g/mol. The van der Waals surface area contributed by atoms with Crippen LogP contribution in [0.4, 0.5) is 0 Å². The van der Waals surface area contributed by atoms with Gasteiger partial charge in [0.25, 0.3) is 0 Å². The van der Waals surface area contributed by atoms with E-state index in [2.05, 4.69) is 16.6 Å². The van der Waals surface area contributed by atoms with Gasteiger partial charge in [0, 0.05) is 6.42 Å². The fraction of sp³-hybridized carbons (Fsp3) is 0.600. The van der Waals surface area contributed by atoms with E-state index in [1.807, 2.05) is 6.07 Å². The zero-order chi connectivity index (χ0) is 10.6. The first-order chi connectivity index (χ1) is 6.81. The maximum Gasteiger partial charge on any atom is 0.234 e. The van der Waals surface area contributed by atoms with Gasteiger partial charge in [-0.2, -0.15) is 5.26 Å². The predicted molar refractivity (Wildman–Crippen MR) is 54.2 cm³/mol. The molecule has 0 aliphatic heterocycles. The Bertz CT molecular complexity index is 237. The number of rotatable bonds is 7. The molecule has 0 saturated heterocycles. The van der Waals surface area contributed by atoms with Gasteiger partial charge in [0.1, 0.15) is 6.54 Å². The van der Waals surface area contributed by atoms with Crippen molar-refractivity contribution in [1.82, 2.24) is 10.6 Å². The summed E-state index contributed by atoms with van der Waals surface area (Å²) in [4.78, 5) is 10.9. The molecule has 0 aromatic rings.